The Morgan fingerprint density at radius 1 is 1.29 bits per heavy atom. The molecule has 2 aromatic rings. The van der Waals surface area contributed by atoms with Crippen LogP contribution in [0, 0.1) is 5.92 Å². The number of rotatable bonds is 8. The lowest BCUT2D eigenvalue weighted by molar-refractivity contribution is 0.222. The number of hydrazine groups is 1. The normalized spacial score (nSPS) is 11.7. The molecule has 2 heterocycles. The largest absolute Gasteiger partial charge is 0.308 e. The van der Waals surface area contributed by atoms with E-state index in [1.165, 1.54) is 12.8 Å². The van der Waals surface area contributed by atoms with E-state index in [1.54, 1.807) is 11.3 Å². The summed E-state index contributed by atoms with van der Waals surface area (Å²) in [7, 11) is 0. The summed E-state index contributed by atoms with van der Waals surface area (Å²) in [4.78, 5) is 12.6. The van der Waals surface area contributed by atoms with Crippen molar-refractivity contribution in [3.05, 3.63) is 17.3 Å². The second kappa shape index (κ2) is 7.68. The number of aromatic nitrogens is 2. The molecule has 0 saturated heterocycles. The number of anilines is 1. The summed E-state index contributed by atoms with van der Waals surface area (Å²) in [6.45, 7) is 9.58. The van der Waals surface area contributed by atoms with Crippen LogP contribution in [-0.4, -0.2) is 28.0 Å². The monoisotopic (exact) mass is 307 g/mol. The number of hydrogen-bond donors (Lipinski definition) is 2. The van der Waals surface area contributed by atoms with Crippen molar-refractivity contribution in [1.82, 2.24) is 14.9 Å². The average Bonchev–Trinajstić information content (AvgIpc) is 2.98. The molecule has 5 nitrogen and oxygen atoms in total. The van der Waals surface area contributed by atoms with Gasteiger partial charge in [-0.2, -0.15) is 0 Å². The van der Waals surface area contributed by atoms with Gasteiger partial charge in [-0.25, -0.2) is 15.8 Å². The van der Waals surface area contributed by atoms with Crippen LogP contribution in [0.2, 0.25) is 0 Å². The number of nitrogen functional groups attached to an aromatic ring is 1. The molecule has 0 aliphatic heterocycles. The topological polar surface area (TPSA) is 67.1 Å². The van der Waals surface area contributed by atoms with E-state index in [1.807, 2.05) is 11.4 Å². The van der Waals surface area contributed by atoms with Gasteiger partial charge in [-0.3, -0.25) is 4.90 Å². The predicted octanol–water partition coefficient (Wildman–Crippen LogP) is 3.24. The van der Waals surface area contributed by atoms with Crippen molar-refractivity contribution >= 4 is 27.4 Å². The molecule has 2 rings (SSSR count). The molecule has 0 spiro atoms. The van der Waals surface area contributed by atoms with Gasteiger partial charge in [0.25, 0.3) is 0 Å². The first kappa shape index (κ1) is 16.1. The summed E-state index contributed by atoms with van der Waals surface area (Å²) in [6, 6.07) is 2.00. The molecule has 21 heavy (non-hydrogen) atoms. The fraction of sp³-hybridized carbons (Fsp3) is 0.600. The number of nitrogens with zero attached hydrogens (tertiary/aromatic N) is 3. The van der Waals surface area contributed by atoms with Crippen molar-refractivity contribution in [2.24, 2.45) is 11.8 Å². The van der Waals surface area contributed by atoms with E-state index in [0.717, 1.165) is 47.4 Å². The minimum Gasteiger partial charge on any atom is -0.308 e. The SMILES string of the molecule is CCC(CC)CN(CC)Cc1nc(NN)c2ccsc2n1. The van der Waals surface area contributed by atoms with Crippen LogP contribution < -0.4 is 11.3 Å². The molecule has 3 N–H and O–H groups in total. The number of nitrogens with two attached hydrogens (primary N) is 1. The van der Waals surface area contributed by atoms with Gasteiger partial charge in [-0.15, -0.1) is 11.3 Å². The van der Waals surface area contributed by atoms with Gasteiger partial charge in [0.1, 0.15) is 10.7 Å². The van der Waals surface area contributed by atoms with Crippen molar-refractivity contribution in [3.63, 3.8) is 0 Å². The lowest BCUT2D eigenvalue weighted by Crippen LogP contribution is -2.29. The Morgan fingerprint density at radius 2 is 2.05 bits per heavy atom. The lowest BCUT2D eigenvalue weighted by atomic mass is 10.0. The molecule has 0 aliphatic rings. The number of fused-ring (bicyclic) bond motifs is 1. The van der Waals surface area contributed by atoms with Gasteiger partial charge in [0, 0.05) is 6.54 Å². The van der Waals surface area contributed by atoms with Crippen LogP contribution in [0.15, 0.2) is 11.4 Å². The minimum absolute atomic E-state index is 0.717. The number of hydrogen-bond acceptors (Lipinski definition) is 6. The maximum atomic E-state index is 5.58. The Morgan fingerprint density at radius 3 is 2.67 bits per heavy atom. The molecule has 0 aromatic carbocycles. The van der Waals surface area contributed by atoms with Gasteiger partial charge in [0.2, 0.25) is 0 Å². The smallest absolute Gasteiger partial charge is 0.152 e. The molecule has 116 valence electrons. The van der Waals surface area contributed by atoms with E-state index in [4.69, 9.17) is 5.84 Å². The van der Waals surface area contributed by atoms with E-state index >= 15 is 0 Å². The lowest BCUT2D eigenvalue weighted by Gasteiger charge is -2.24. The van der Waals surface area contributed by atoms with E-state index in [9.17, 15) is 0 Å². The van der Waals surface area contributed by atoms with E-state index in [2.05, 4.69) is 41.1 Å². The Hall–Kier alpha value is -1.24. The van der Waals surface area contributed by atoms with Crippen LogP contribution in [0.5, 0.6) is 0 Å². The highest BCUT2D eigenvalue weighted by molar-refractivity contribution is 7.16. The van der Waals surface area contributed by atoms with Crippen LogP contribution >= 0.6 is 11.3 Å². The fourth-order valence-corrected chi connectivity index (χ4v) is 3.28. The highest BCUT2D eigenvalue weighted by Crippen LogP contribution is 2.24. The highest BCUT2D eigenvalue weighted by atomic mass is 32.1. The standard InChI is InChI=1S/C15H25N5S/c1-4-11(5-2)9-20(6-3)10-13-17-14(19-16)12-7-8-21-15(12)18-13/h7-8,11H,4-6,9-10,16H2,1-3H3,(H,17,18,19). The van der Waals surface area contributed by atoms with E-state index < -0.39 is 0 Å². The molecule has 0 saturated carbocycles. The fourth-order valence-electron chi connectivity index (χ4n) is 2.50. The molecule has 0 unspecified atom stereocenters. The van der Waals surface area contributed by atoms with Gasteiger partial charge in [-0.05, 0) is 23.9 Å². The summed E-state index contributed by atoms with van der Waals surface area (Å²) < 4.78 is 0. The van der Waals surface area contributed by atoms with Crippen molar-refractivity contribution in [2.45, 2.75) is 40.2 Å². The van der Waals surface area contributed by atoms with E-state index in [0.29, 0.717) is 0 Å². The number of nitrogens with one attached hydrogen (secondary N) is 1. The Bertz CT molecular complexity index is 564. The molecule has 0 fully saturated rings. The molecular weight excluding hydrogens is 282 g/mol. The summed E-state index contributed by atoms with van der Waals surface area (Å²) in [5, 5.41) is 3.01. The second-order valence-electron chi connectivity index (χ2n) is 5.28. The minimum atomic E-state index is 0.717. The van der Waals surface area contributed by atoms with Crippen LogP contribution in [0.25, 0.3) is 10.2 Å². The van der Waals surface area contributed by atoms with Crippen LogP contribution in [0.1, 0.15) is 39.4 Å². The molecule has 2 aromatic heterocycles. The first-order valence-corrected chi connectivity index (χ1v) is 8.52. The van der Waals surface area contributed by atoms with Gasteiger partial charge in [0.05, 0.1) is 11.9 Å². The predicted molar refractivity (Wildman–Crippen MR) is 90.2 cm³/mol. The Balaban J connectivity index is 2.16. The molecule has 0 atom stereocenters. The first-order valence-electron chi connectivity index (χ1n) is 7.64. The maximum absolute atomic E-state index is 5.58. The summed E-state index contributed by atoms with van der Waals surface area (Å²) in [6.07, 6.45) is 2.43. The van der Waals surface area contributed by atoms with Crippen molar-refractivity contribution in [3.8, 4) is 0 Å². The average molecular weight is 307 g/mol. The Kier molecular flexibility index (Phi) is 5.90. The molecule has 0 amide bonds. The third-order valence-corrected chi connectivity index (χ3v) is 4.80. The quantitative estimate of drug-likeness (QED) is 0.579. The maximum Gasteiger partial charge on any atom is 0.152 e. The van der Waals surface area contributed by atoms with Crippen molar-refractivity contribution in [2.75, 3.05) is 18.5 Å². The molecule has 0 bridgehead atoms. The molecule has 0 aliphatic carbocycles. The number of thiophene rings is 1. The third-order valence-electron chi connectivity index (χ3n) is 3.99. The van der Waals surface area contributed by atoms with E-state index in [-0.39, 0.29) is 0 Å². The summed E-state index contributed by atoms with van der Waals surface area (Å²) >= 11 is 1.62. The van der Waals surface area contributed by atoms with Crippen LogP contribution in [0.4, 0.5) is 5.82 Å². The molecule has 0 radical (unpaired) electrons. The summed E-state index contributed by atoms with van der Waals surface area (Å²) in [5.74, 6) is 7.88. The second-order valence-corrected chi connectivity index (χ2v) is 6.18. The molecular formula is C15H25N5S. The van der Waals surface area contributed by atoms with Gasteiger partial charge in [-0.1, -0.05) is 33.6 Å². The van der Waals surface area contributed by atoms with Crippen LogP contribution in [-0.2, 0) is 6.54 Å². The zero-order chi connectivity index (χ0) is 15.2. The third kappa shape index (κ3) is 3.90. The van der Waals surface area contributed by atoms with Gasteiger partial charge >= 0.3 is 0 Å². The van der Waals surface area contributed by atoms with Gasteiger partial charge in [0.15, 0.2) is 5.82 Å². The Labute approximate surface area is 130 Å². The van der Waals surface area contributed by atoms with Crippen LogP contribution in [0.3, 0.4) is 0 Å². The zero-order valence-electron chi connectivity index (χ0n) is 13.1. The van der Waals surface area contributed by atoms with Gasteiger partial charge < -0.3 is 5.43 Å². The zero-order valence-corrected chi connectivity index (χ0v) is 13.9. The summed E-state index contributed by atoms with van der Waals surface area (Å²) in [5.41, 5.74) is 2.69. The van der Waals surface area contributed by atoms with Crippen molar-refractivity contribution < 1.29 is 0 Å². The molecule has 6 heteroatoms. The van der Waals surface area contributed by atoms with Crippen molar-refractivity contribution in [1.29, 1.82) is 0 Å². The highest BCUT2D eigenvalue weighted by Gasteiger charge is 2.14. The first-order chi connectivity index (χ1) is 10.2.